The molecule has 1 aromatic carbocycles. The van der Waals surface area contributed by atoms with Crippen LogP contribution in [0.5, 0.6) is 0 Å². The maximum Gasteiger partial charge on any atom is 0.223 e. The van der Waals surface area contributed by atoms with Gasteiger partial charge in [-0.3, -0.25) is 4.79 Å². The highest BCUT2D eigenvalue weighted by molar-refractivity contribution is 5.79. The van der Waals surface area contributed by atoms with Crippen molar-refractivity contribution in [2.75, 3.05) is 0 Å². The first-order chi connectivity index (χ1) is 8.63. The van der Waals surface area contributed by atoms with Gasteiger partial charge in [-0.2, -0.15) is 0 Å². The number of carbonyl (C=O) groups is 1. The van der Waals surface area contributed by atoms with Crippen molar-refractivity contribution in [1.82, 2.24) is 5.32 Å². The standard InChI is InChI=1S/C16H21NO/c1-10-4-3-5-12(6-10)11(2)17-16(18)15-8-13-7-14(13)9-15/h3-6,11,13-15H,7-9H2,1-2H3,(H,17,18)/t11-,13?,14?,15?/m1/s1. The van der Waals surface area contributed by atoms with Crippen molar-refractivity contribution in [3.05, 3.63) is 35.4 Å². The van der Waals surface area contributed by atoms with Crippen molar-refractivity contribution >= 4 is 5.91 Å². The number of nitrogens with one attached hydrogen (secondary N) is 1. The van der Waals surface area contributed by atoms with Crippen molar-refractivity contribution in [1.29, 1.82) is 0 Å². The molecule has 2 fully saturated rings. The van der Waals surface area contributed by atoms with Gasteiger partial charge in [-0.15, -0.1) is 0 Å². The molecule has 0 heterocycles. The fraction of sp³-hybridized carbons (Fsp3) is 0.562. The van der Waals surface area contributed by atoms with Crippen LogP contribution in [0, 0.1) is 24.7 Å². The number of amides is 1. The van der Waals surface area contributed by atoms with Crippen molar-refractivity contribution in [2.24, 2.45) is 17.8 Å². The quantitative estimate of drug-likeness (QED) is 0.867. The minimum absolute atomic E-state index is 0.120. The normalized spacial score (nSPS) is 30.7. The lowest BCUT2D eigenvalue weighted by molar-refractivity contribution is -0.125. The number of benzene rings is 1. The molecule has 18 heavy (non-hydrogen) atoms. The molecule has 1 aromatic rings. The van der Waals surface area contributed by atoms with Crippen LogP contribution in [-0.2, 0) is 4.79 Å². The van der Waals surface area contributed by atoms with Crippen LogP contribution in [0.4, 0.5) is 0 Å². The lowest BCUT2D eigenvalue weighted by Crippen LogP contribution is -2.32. The molecule has 0 aromatic heterocycles. The molecule has 2 nitrogen and oxygen atoms in total. The van der Waals surface area contributed by atoms with Gasteiger partial charge in [0.05, 0.1) is 6.04 Å². The maximum absolute atomic E-state index is 12.2. The molecule has 0 bridgehead atoms. The van der Waals surface area contributed by atoms with Gasteiger partial charge in [0.15, 0.2) is 0 Å². The summed E-state index contributed by atoms with van der Waals surface area (Å²) in [5.41, 5.74) is 2.45. The molecule has 0 saturated heterocycles. The highest BCUT2D eigenvalue weighted by atomic mass is 16.1. The summed E-state index contributed by atoms with van der Waals surface area (Å²) in [5, 5.41) is 3.17. The zero-order valence-electron chi connectivity index (χ0n) is 11.1. The summed E-state index contributed by atoms with van der Waals surface area (Å²) in [6.45, 7) is 4.16. The van der Waals surface area contributed by atoms with E-state index in [-0.39, 0.29) is 17.9 Å². The molecule has 0 radical (unpaired) electrons. The second-order valence-corrected chi connectivity index (χ2v) is 6.07. The fourth-order valence-electron chi connectivity index (χ4n) is 3.28. The SMILES string of the molecule is Cc1cccc([C@@H](C)NC(=O)C2CC3CC3C2)c1. The summed E-state index contributed by atoms with van der Waals surface area (Å²) in [4.78, 5) is 12.2. The Hall–Kier alpha value is -1.31. The molecule has 1 amide bonds. The Balaban J connectivity index is 1.60. The Morgan fingerprint density at radius 1 is 1.28 bits per heavy atom. The smallest absolute Gasteiger partial charge is 0.223 e. The topological polar surface area (TPSA) is 29.1 Å². The van der Waals surface area contributed by atoms with Gasteiger partial charge >= 0.3 is 0 Å². The summed E-state index contributed by atoms with van der Waals surface area (Å²) in [6.07, 6.45) is 3.62. The Bertz CT molecular complexity index is 458. The summed E-state index contributed by atoms with van der Waals surface area (Å²) in [7, 11) is 0. The number of rotatable bonds is 3. The minimum Gasteiger partial charge on any atom is -0.349 e. The molecule has 0 spiro atoms. The van der Waals surface area contributed by atoms with Gasteiger partial charge in [0, 0.05) is 5.92 Å². The summed E-state index contributed by atoms with van der Waals surface area (Å²) in [6, 6.07) is 8.50. The van der Waals surface area contributed by atoms with Gasteiger partial charge in [0.2, 0.25) is 5.91 Å². The number of carbonyl (C=O) groups excluding carboxylic acids is 1. The van der Waals surface area contributed by atoms with Gasteiger partial charge in [-0.05, 0) is 50.5 Å². The number of aryl methyl sites for hydroxylation is 1. The highest BCUT2D eigenvalue weighted by Gasteiger charge is 2.48. The third-order valence-electron chi connectivity index (χ3n) is 4.52. The van der Waals surface area contributed by atoms with Crippen LogP contribution < -0.4 is 5.32 Å². The third kappa shape index (κ3) is 2.29. The van der Waals surface area contributed by atoms with Crippen LogP contribution in [0.1, 0.15) is 43.4 Å². The molecule has 96 valence electrons. The minimum atomic E-state index is 0.120. The van der Waals surface area contributed by atoms with Gasteiger partial charge in [-0.25, -0.2) is 0 Å². The van der Waals surface area contributed by atoms with E-state index >= 15 is 0 Å². The summed E-state index contributed by atoms with van der Waals surface area (Å²) < 4.78 is 0. The predicted octanol–water partition coefficient (Wildman–Crippen LogP) is 3.22. The van der Waals surface area contributed by atoms with Gasteiger partial charge in [0.25, 0.3) is 0 Å². The van der Waals surface area contributed by atoms with E-state index in [1.807, 2.05) is 0 Å². The van der Waals surface area contributed by atoms with E-state index in [4.69, 9.17) is 0 Å². The van der Waals surface area contributed by atoms with Crippen LogP contribution in [0.15, 0.2) is 24.3 Å². The first-order valence-corrected chi connectivity index (χ1v) is 7.00. The van der Waals surface area contributed by atoms with E-state index < -0.39 is 0 Å². The molecule has 2 saturated carbocycles. The average Bonchev–Trinajstić information content (AvgIpc) is 2.96. The lowest BCUT2D eigenvalue weighted by atomic mass is 10.0. The monoisotopic (exact) mass is 243 g/mol. The van der Waals surface area contributed by atoms with Crippen LogP contribution in [0.2, 0.25) is 0 Å². The second kappa shape index (κ2) is 4.42. The highest BCUT2D eigenvalue weighted by Crippen LogP contribution is 2.54. The average molecular weight is 243 g/mol. The first kappa shape index (κ1) is 11.8. The molecule has 3 atom stereocenters. The Labute approximate surface area is 109 Å². The molecule has 2 aliphatic carbocycles. The van der Waals surface area contributed by atoms with Crippen molar-refractivity contribution < 1.29 is 4.79 Å². The molecule has 2 aliphatic rings. The Morgan fingerprint density at radius 3 is 2.67 bits per heavy atom. The van der Waals surface area contributed by atoms with Gasteiger partial charge in [0.1, 0.15) is 0 Å². The summed E-state index contributed by atoms with van der Waals surface area (Å²) >= 11 is 0. The zero-order chi connectivity index (χ0) is 12.7. The number of hydrogen-bond acceptors (Lipinski definition) is 1. The van der Waals surface area contributed by atoms with Crippen LogP contribution in [-0.4, -0.2) is 5.91 Å². The van der Waals surface area contributed by atoms with Crippen molar-refractivity contribution in [3.8, 4) is 0 Å². The molecular weight excluding hydrogens is 222 g/mol. The molecule has 1 N–H and O–H groups in total. The first-order valence-electron chi connectivity index (χ1n) is 7.00. The molecule has 3 rings (SSSR count). The fourth-order valence-corrected chi connectivity index (χ4v) is 3.28. The van der Waals surface area contributed by atoms with Gasteiger partial charge < -0.3 is 5.32 Å². The van der Waals surface area contributed by atoms with E-state index in [9.17, 15) is 4.79 Å². The van der Waals surface area contributed by atoms with Crippen molar-refractivity contribution in [2.45, 2.75) is 39.2 Å². The van der Waals surface area contributed by atoms with Crippen LogP contribution in [0.3, 0.4) is 0 Å². The Morgan fingerprint density at radius 2 is 2.00 bits per heavy atom. The molecule has 2 unspecified atom stereocenters. The van der Waals surface area contributed by atoms with E-state index in [1.54, 1.807) is 0 Å². The predicted molar refractivity (Wildman–Crippen MR) is 72.1 cm³/mol. The molecule has 0 aliphatic heterocycles. The summed E-state index contributed by atoms with van der Waals surface area (Å²) in [5.74, 6) is 2.28. The third-order valence-corrected chi connectivity index (χ3v) is 4.52. The largest absolute Gasteiger partial charge is 0.349 e. The number of hydrogen-bond donors (Lipinski definition) is 1. The lowest BCUT2D eigenvalue weighted by Gasteiger charge is -2.18. The van der Waals surface area contributed by atoms with E-state index in [0.717, 1.165) is 24.7 Å². The maximum atomic E-state index is 12.2. The van der Waals surface area contributed by atoms with Crippen molar-refractivity contribution in [3.63, 3.8) is 0 Å². The second-order valence-electron chi connectivity index (χ2n) is 6.07. The zero-order valence-corrected chi connectivity index (χ0v) is 11.1. The van der Waals surface area contributed by atoms with E-state index in [2.05, 4.69) is 43.4 Å². The van der Waals surface area contributed by atoms with E-state index in [0.29, 0.717) is 0 Å². The Kier molecular flexibility index (Phi) is 2.89. The van der Waals surface area contributed by atoms with Crippen LogP contribution >= 0.6 is 0 Å². The molecule has 2 heteroatoms. The van der Waals surface area contributed by atoms with Gasteiger partial charge in [-0.1, -0.05) is 29.8 Å². The van der Waals surface area contributed by atoms with E-state index in [1.165, 1.54) is 17.5 Å². The molecular formula is C16H21NO. The number of fused-ring (bicyclic) bond motifs is 1. The van der Waals surface area contributed by atoms with Crippen LogP contribution in [0.25, 0.3) is 0 Å².